The summed E-state index contributed by atoms with van der Waals surface area (Å²) in [6.07, 6.45) is 7.92. The van der Waals surface area contributed by atoms with Crippen molar-refractivity contribution in [2.24, 2.45) is 0 Å². The molecule has 16 heavy (non-hydrogen) atoms. The number of nitrogens with zero attached hydrogens (tertiary/aromatic N) is 1. The highest BCUT2D eigenvalue weighted by Gasteiger charge is 2.21. The lowest BCUT2D eigenvalue weighted by Crippen LogP contribution is -2.22. The van der Waals surface area contributed by atoms with Crippen molar-refractivity contribution in [3.05, 3.63) is 24.0 Å². The minimum atomic E-state index is -0.497. The molecule has 0 saturated heterocycles. The predicted molar refractivity (Wildman–Crippen MR) is 58.9 cm³/mol. The fraction of sp³-hybridized carbons (Fsp3) is 0.333. The van der Waals surface area contributed by atoms with Crippen molar-refractivity contribution >= 4 is 12.3 Å². The summed E-state index contributed by atoms with van der Waals surface area (Å²) in [7, 11) is 0. The molecule has 0 radical (unpaired) electrons. The zero-order valence-electron chi connectivity index (χ0n) is 9.05. The molecular formula is C12H13NO3. The number of esters is 1. The van der Waals surface area contributed by atoms with E-state index < -0.39 is 12.0 Å². The Morgan fingerprint density at radius 2 is 2.50 bits per heavy atom. The molecule has 0 amide bonds. The van der Waals surface area contributed by atoms with Crippen LogP contribution in [0.3, 0.4) is 0 Å². The van der Waals surface area contributed by atoms with Crippen molar-refractivity contribution in [3.63, 3.8) is 0 Å². The average molecular weight is 219 g/mol. The number of hydrogen-bond donors (Lipinski definition) is 0. The van der Waals surface area contributed by atoms with E-state index in [4.69, 9.17) is 11.2 Å². The maximum absolute atomic E-state index is 11.6. The second-order valence-electron chi connectivity index (χ2n) is 3.19. The highest BCUT2D eigenvalue weighted by atomic mass is 16.5. The van der Waals surface area contributed by atoms with E-state index in [1.165, 1.54) is 0 Å². The fourth-order valence-electron chi connectivity index (χ4n) is 1.48. The van der Waals surface area contributed by atoms with E-state index in [1.54, 1.807) is 22.9 Å². The second kappa shape index (κ2) is 5.76. The van der Waals surface area contributed by atoms with E-state index in [2.05, 4.69) is 5.92 Å². The number of carbonyl (C=O) groups excluding carboxylic acids is 2. The summed E-state index contributed by atoms with van der Waals surface area (Å²) in [6, 6.07) is 2.86. The van der Waals surface area contributed by atoms with Crippen LogP contribution in [0, 0.1) is 12.3 Å². The highest BCUT2D eigenvalue weighted by molar-refractivity contribution is 5.78. The maximum atomic E-state index is 11.6. The van der Waals surface area contributed by atoms with Gasteiger partial charge in [0.2, 0.25) is 0 Å². The SMILES string of the molecule is C#CCOC(=O)C(CC)n1cccc1C=O. The Kier molecular flexibility index (Phi) is 4.34. The molecule has 1 heterocycles. The van der Waals surface area contributed by atoms with Gasteiger partial charge in [-0.3, -0.25) is 4.79 Å². The molecule has 1 aromatic heterocycles. The van der Waals surface area contributed by atoms with Crippen LogP contribution in [0.5, 0.6) is 0 Å². The monoisotopic (exact) mass is 219 g/mol. The normalized spacial score (nSPS) is 11.5. The molecule has 1 aromatic rings. The average Bonchev–Trinajstić information content (AvgIpc) is 2.75. The first-order chi connectivity index (χ1) is 7.74. The maximum Gasteiger partial charge on any atom is 0.330 e. The van der Waals surface area contributed by atoms with Crippen LogP contribution in [0.1, 0.15) is 29.9 Å². The van der Waals surface area contributed by atoms with Crippen LogP contribution in [0.2, 0.25) is 0 Å². The van der Waals surface area contributed by atoms with Crippen LogP contribution < -0.4 is 0 Å². The van der Waals surface area contributed by atoms with Gasteiger partial charge in [-0.1, -0.05) is 12.8 Å². The molecule has 4 heteroatoms. The van der Waals surface area contributed by atoms with Crippen LogP contribution in [0.4, 0.5) is 0 Å². The van der Waals surface area contributed by atoms with Crippen molar-refractivity contribution < 1.29 is 14.3 Å². The van der Waals surface area contributed by atoms with Gasteiger partial charge in [0.25, 0.3) is 0 Å². The Morgan fingerprint density at radius 1 is 1.75 bits per heavy atom. The first-order valence-electron chi connectivity index (χ1n) is 4.96. The second-order valence-corrected chi connectivity index (χ2v) is 3.19. The first-order valence-corrected chi connectivity index (χ1v) is 4.96. The van der Waals surface area contributed by atoms with E-state index >= 15 is 0 Å². The number of rotatable bonds is 5. The lowest BCUT2D eigenvalue weighted by atomic mass is 10.2. The standard InChI is InChI=1S/C12H13NO3/c1-3-8-16-12(15)11(4-2)13-7-5-6-10(13)9-14/h1,5-7,9,11H,4,8H2,2H3. The fourth-order valence-corrected chi connectivity index (χ4v) is 1.48. The van der Waals surface area contributed by atoms with E-state index in [0.717, 1.165) is 0 Å². The van der Waals surface area contributed by atoms with Gasteiger partial charge in [0.15, 0.2) is 12.9 Å². The van der Waals surface area contributed by atoms with Crippen LogP contribution in [0.15, 0.2) is 18.3 Å². The molecule has 1 rings (SSSR count). The van der Waals surface area contributed by atoms with E-state index in [9.17, 15) is 9.59 Å². The van der Waals surface area contributed by atoms with Crippen molar-refractivity contribution in [3.8, 4) is 12.3 Å². The Morgan fingerprint density at radius 3 is 3.06 bits per heavy atom. The number of aldehydes is 1. The van der Waals surface area contributed by atoms with Crippen LogP contribution in [-0.4, -0.2) is 23.4 Å². The smallest absolute Gasteiger partial charge is 0.330 e. The van der Waals surface area contributed by atoms with Gasteiger partial charge in [0, 0.05) is 6.20 Å². The molecule has 0 aliphatic rings. The third-order valence-corrected chi connectivity index (χ3v) is 2.22. The minimum absolute atomic E-state index is 0.0486. The van der Waals surface area contributed by atoms with Gasteiger partial charge in [-0.2, -0.15) is 0 Å². The lowest BCUT2D eigenvalue weighted by molar-refractivity contribution is -0.146. The summed E-state index contributed by atoms with van der Waals surface area (Å²) in [5.41, 5.74) is 0.449. The van der Waals surface area contributed by atoms with Crippen LogP contribution in [0.25, 0.3) is 0 Å². The summed E-state index contributed by atoms with van der Waals surface area (Å²) in [5, 5.41) is 0. The van der Waals surface area contributed by atoms with E-state index in [-0.39, 0.29) is 6.61 Å². The van der Waals surface area contributed by atoms with Crippen molar-refractivity contribution in [1.82, 2.24) is 4.57 Å². The first kappa shape index (κ1) is 12.1. The molecule has 0 saturated carbocycles. The Bertz CT molecular complexity index is 414. The van der Waals surface area contributed by atoms with Crippen LogP contribution in [-0.2, 0) is 9.53 Å². The molecule has 1 atom stereocenters. The lowest BCUT2D eigenvalue weighted by Gasteiger charge is -2.16. The molecule has 1 unspecified atom stereocenters. The molecule has 0 aromatic carbocycles. The number of terminal acetylenes is 1. The van der Waals surface area contributed by atoms with Crippen molar-refractivity contribution in [1.29, 1.82) is 0 Å². The summed E-state index contributed by atoms with van der Waals surface area (Å²) in [5.74, 6) is 1.81. The van der Waals surface area contributed by atoms with Gasteiger partial charge < -0.3 is 9.30 Å². The molecule has 0 aliphatic heterocycles. The molecule has 0 N–H and O–H groups in total. The van der Waals surface area contributed by atoms with Gasteiger partial charge in [0.1, 0.15) is 6.04 Å². The zero-order valence-corrected chi connectivity index (χ0v) is 9.05. The van der Waals surface area contributed by atoms with Gasteiger partial charge in [-0.15, -0.1) is 6.42 Å². The van der Waals surface area contributed by atoms with Crippen LogP contribution >= 0.6 is 0 Å². The number of carbonyl (C=O) groups is 2. The topological polar surface area (TPSA) is 48.3 Å². The zero-order chi connectivity index (χ0) is 12.0. The minimum Gasteiger partial charge on any atom is -0.451 e. The summed E-state index contributed by atoms with van der Waals surface area (Å²) in [6.45, 7) is 1.80. The molecular weight excluding hydrogens is 206 g/mol. The van der Waals surface area contributed by atoms with Crippen molar-refractivity contribution in [2.45, 2.75) is 19.4 Å². The number of aromatic nitrogens is 1. The quantitative estimate of drug-likeness (QED) is 0.427. The van der Waals surface area contributed by atoms with Gasteiger partial charge in [-0.25, -0.2) is 4.79 Å². The Hall–Kier alpha value is -2.02. The van der Waals surface area contributed by atoms with E-state index in [1.807, 2.05) is 6.92 Å². The molecule has 84 valence electrons. The van der Waals surface area contributed by atoms with Gasteiger partial charge in [-0.05, 0) is 18.6 Å². The molecule has 0 bridgehead atoms. The third-order valence-electron chi connectivity index (χ3n) is 2.22. The number of ether oxygens (including phenoxy) is 1. The predicted octanol–water partition coefficient (Wildman–Crippen LogP) is 1.43. The Labute approximate surface area is 94.2 Å². The largest absolute Gasteiger partial charge is 0.451 e. The third kappa shape index (κ3) is 2.51. The molecule has 0 spiro atoms. The number of hydrogen-bond acceptors (Lipinski definition) is 3. The van der Waals surface area contributed by atoms with Gasteiger partial charge in [0.05, 0.1) is 5.69 Å². The van der Waals surface area contributed by atoms with E-state index in [0.29, 0.717) is 18.4 Å². The summed E-state index contributed by atoms with van der Waals surface area (Å²) >= 11 is 0. The summed E-state index contributed by atoms with van der Waals surface area (Å²) in [4.78, 5) is 22.4. The molecule has 0 aliphatic carbocycles. The molecule has 0 fully saturated rings. The van der Waals surface area contributed by atoms with Crippen molar-refractivity contribution in [2.75, 3.05) is 6.61 Å². The molecule has 4 nitrogen and oxygen atoms in total. The highest BCUT2D eigenvalue weighted by Crippen LogP contribution is 2.16. The summed E-state index contributed by atoms with van der Waals surface area (Å²) < 4.78 is 6.44. The van der Waals surface area contributed by atoms with Gasteiger partial charge >= 0.3 is 5.97 Å². The Balaban J connectivity index is 2.86.